The number of hydrogen-bond acceptors (Lipinski definition) is 2. The van der Waals surface area contributed by atoms with Crippen LogP contribution in [-0.4, -0.2) is 37.6 Å². The molecule has 1 aliphatic heterocycles. The van der Waals surface area contributed by atoms with E-state index >= 15 is 0 Å². The van der Waals surface area contributed by atoms with Crippen LogP contribution in [0.15, 0.2) is 29.3 Å². The Morgan fingerprint density at radius 3 is 2.61 bits per heavy atom. The molecule has 126 valence electrons. The largest absolute Gasteiger partial charge is 0.497 e. The Morgan fingerprint density at radius 2 is 1.91 bits per heavy atom. The second-order valence-corrected chi connectivity index (χ2v) is 6.94. The van der Waals surface area contributed by atoms with Gasteiger partial charge in [0.2, 0.25) is 0 Å². The summed E-state index contributed by atoms with van der Waals surface area (Å²) in [6, 6.07) is 8.50. The first kappa shape index (κ1) is 16.2. The standard InChI is InChI=1S/C19H29N3O/c1-23-17-9-7-8-16(14-17)19(10-3-4-11-19)15-21-18(20)22-12-5-2-6-13-22/h7-9,14H,2-6,10-13,15H2,1H3,(H2,20,21). The van der Waals surface area contributed by atoms with Gasteiger partial charge in [-0.1, -0.05) is 25.0 Å². The summed E-state index contributed by atoms with van der Waals surface area (Å²) >= 11 is 0. The van der Waals surface area contributed by atoms with E-state index in [4.69, 9.17) is 15.5 Å². The molecule has 1 aliphatic carbocycles. The summed E-state index contributed by atoms with van der Waals surface area (Å²) in [7, 11) is 1.73. The smallest absolute Gasteiger partial charge is 0.191 e. The van der Waals surface area contributed by atoms with E-state index in [1.807, 2.05) is 6.07 Å². The fraction of sp³-hybridized carbons (Fsp3) is 0.632. The van der Waals surface area contributed by atoms with Gasteiger partial charge in [-0.2, -0.15) is 0 Å². The Bertz CT molecular complexity index is 543. The molecule has 1 heterocycles. The molecule has 3 rings (SSSR count). The fourth-order valence-electron chi connectivity index (χ4n) is 4.00. The normalized spacial score (nSPS) is 21.4. The van der Waals surface area contributed by atoms with Crippen molar-refractivity contribution < 1.29 is 4.74 Å². The zero-order valence-electron chi connectivity index (χ0n) is 14.3. The number of hydrogen-bond donors (Lipinski definition) is 1. The first-order valence-electron chi connectivity index (χ1n) is 8.93. The number of methoxy groups -OCH3 is 1. The van der Waals surface area contributed by atoms with Crippen LogP contribution in [0.3, 0.4) is 0 Å². The lowest BCUT2D eigenvalue weighted by molar-refractivity contribution is 0.335. The minimum absolute atomic E-state index is 0.134. The molecule has 0 aromatic heterocycles. The van der Waals surface area contributed by atoms with Crippen molar-refractivity contribution in [3.8, 4) is 5.75 Å². The minimum Gasteiger partial charge on any atom is -0.497 e. The third kappa shape index (κ3) is 3.62. The number of benzene rings is 1. The van der Waals surface area contributed by atoms with E-state index in [1.165, 1.54) is 50.5 Å². The summed E-state index contributed by atoms with van der Waals surface area (Å²) in [4.78, 5) is 7.06. The van der Waals surface area contributed by atoms with Crippen LogP contribution in [0.4, 0.5) is 0 Å². The molecule has 0 radical (unpaired) electrons. The average molecular weight is 315 g/mol. The van der Waals surface area contributed by atoms with E-state index in [0.29, 0.717) is 0 Å². The lowest BCUT2D eigenvalue weighted by Crippen LogP contribution is -2.41. The molecule has 1 saturated carbocycles. The van der Waals surface area contributed by atoms with E-state index in [9.17, 15) is 0 Å². The van der Waals surface area contributed by atoms with Crippen LogP contribution in [0.1, 0.15) is 50.5 Å². The van der Waals surface area contributed by atoms with Gasteiger partial charge in [0.25, 0.3) is 0 Å². The number of nitrogens with two attached hydrogens (primary N) is 1. The average Bonchev–Trinajstić information content (AvgIpc) is 3.11. The summed E-state index contributed by atoms with van der Waals surface area (Å²) in [6.45, 7) is 2.91. The van der Waals surface area contributed by atoms with Gasteiger partial charge in [-0.15, -0.1) is 0 Å². The summed E-state index contributed by atoms with van der Waals surface area (Å²) < 4.78 is 5.41. The van der Waals surface area contributed by atoms with Gasteiger partial charge in [0.15, 0.2) is 5.96 Å². The second-order valence-electron chi connectivity index (χ2n) is 6.94. The number of guanidine groups is 1. The predicted octanol–water partition coefficient (Wildman–Crippen LogP) is 3.31. The molecular formula is C19H29N3O. The number of rotatable bonds is 4. The lowest BCUT2D eigenvalue weighted by atomic mass is 9.79. The Morgan fingerprint density at radius 1 is 1.17 bits per heavy atom. The first-order valence-corrected chi connectivity index (χ1v) is 8.93. The van der Waals surface area contributed by atoms with E-state index in [1.54, 1.807) is 7.11 Å². The molecule has 1 saturated heterocycles. The minimum atomic E-state index is 0.134. The summed E-state index contributed by atoms with van der Waals surface area (Å²) in [5.74, 6) is 1.67. The van der Waals surface area contributed by atoms with Crippen LogP contribution in [-0.2, 0) is 5.41 Å². The molecule has 23 heavy (non-hydrogen) atoms. The number of nitrogens with zero attached hydrogens (tertiary/aromatic N) is 2. The Balaban J connectivity index is 1.77. The van der Waals surface area contributed by atoms with Gasteiger partial charge in [0.05, 0.1) is 13.7 Å². The molecule has 0 unspecified atom stereocenters. The SMILES string of the molecule is COc1cccc(C2(CN=C(N)N3CCCCC3)CCCC2)c1. The van der Waals surface area contributed by atoms with Crippen molar-refractivity contribution in [1.82, 2.24) is 4.90 Å². The van der Waals surface area contributed by atoms with Gasteiger partial charge in [-0.25, -0.2) is 0 Å². The van der Waals surface area contributed by atoms with Gasteiger partial charge in [-0.3, -0.25) is 4.99 Å². The monoisotopic (exact) mass is 315 g/mol. The van der Waals surface area contributed by atoms with Crippen molar-refractivity contribution in [2.45, 2.75) is 50.4 Å². The quantitative estimate of drug-likeness (QED) is 0.685. The van der Waals surface area contributed by atoms with Crippen molar-refractivity contribution in [2.24, 2.45) is 10.7 Å². The highest BCUT2D eigenvalue weighted by Crippen LogP contribution is 2.42. The molecule has 0 amide bonds. The first-order chi connectivity index (χ1) is 11.2. The van der Waals surface area contributed by atoms with Crippen LogP contribution in [0.2, 0.25) is 0 Å². The van der Waals surface area contributed by atoms with Gasteiger partial charge in [0.1, 0.15) is 5.75 Å². The topological polar surface area (TPSA) is 50.9 Å². The van der Waals surface area contributed by atoms with E-state index < -0.39 is 0 Å². The third-order valence-electron chi connectivity index (χ3n) is 5.47. The fourth-order valence-corrected chi connectivity index (χ4v) is 4.00. The van der Waals surface area contributed by atoms with Crippen LogP contribution in [0.25, 0.3) is 0 Å². The lowest BCUT2D eigenvalue weighted by Gasteiger charge is -2.31. The highest BCUT2D eigenvalue weighted by atomic mass is 16.5. The van der Waals surface area contributed by atoms with Gasteiger partial charge in [0, 0.05) is 18.5 Å². The van der Waals surface area contributed by atoms with Crippen LogP contribution in [0, 0.1) is 0 Å². The van der Waals surface area contributed by atoms with Crippen LogP contribution < -0.4 is 10.5 Å². The molecule has 1 aromatic carbocycles. The zero-order chi connectivity index (χ0) is 16.1. The van der Waals surface area contributed by atoms with E-state index in [-0.39, 0.29) is 5.41 Å². The Hall–Kier alpha value is -1.71. The van der Waals surface area contributed by atoms with Crippen molar-refractivity contribution >= 4 is 5.96 Å². The molecule has 4 heteroatoms. The van der Waals surface area contributed by atoms with Gasteiger partial charge >= 0.3 is 0 Å². The van der Waals surface area contributed by atoms with Gasteiger partial charge in [-0.05, 0) is 49.8 Å². The molecular weight excluding hydrogens is 286 g/mol. The molecule has 2 N–H and O–H groups in total. The van der Waals surface area contributed by atoms with Gasteiger partial charge < -0.3 is 15.4 Å². The molecule has 2 fully saturated rings. The molecule has 4 nitrogen and oxygen atoms in total. The maximum absolute atomic E-state index is 6.27. The highest BCUT2D eigenvalue weighted by Gasteiger charge is 2.36. The Labute approximate surface area is 139 Å². The molecule has 1 aromatic rings. The molecule has 0 bridgehead atoms. The van der Waals surface area contributed by atoms with E-state index in [0.717, 1.165) is 31.3 Å². The maximum Gasteiger partial charge on any atom is 0.191 e. The number of piperidine rings is 1. The van der Waals surface area contributed by atoms with Crippen molar-refractivity contribution in [3.05, 3.63) is 29.8 Å². The summed E-state index contributed by atoms with van der Waals surface area (Å²) in [5, 5.41) is 0. The number of ether oxygens (including phenoxy) is 1. The van der Waals surface area contributed by atoms with Crippen LogP contribution >= 0.6 is 0 Å². The van der Waals surface area contributed by atoms with Crippen molar-refractivity contribution in [1.29, 1.82) is 0 Å². The summed E-state index contributed by atoms with van der Waals surface area (Å²) in [6.07, 6.45) is 8.71. The predicted molar refractivity (Wildman–Crippen MR) is 95.1 cm³/mol. The third-order valence-corrected chi connectivity index (χ3v) is 5.47. The number of aliphatic imine (C=N–C) groups is 1. The van der Waals surface area contributed by atoms with Crippen LogP contribution in [0.5, 0.6) is 5.75 Å². The molecule has 0 atom stereocenters. The van der Waals surface area contributed by atoms with E-state index in [2.05, 4.69) is 23.1 Å². The Kier molecular flexibility index (Phi) is 5.09. The molecule has 0 spiro atoms. The summed E-state index contributed by atoms with van der Waals surface area (Å²) in [5.41, 5.74) is 7.76. The second kappa shape index (κ2) is 7.24. The number of likely N-dealkylation sites (tertiary alicyclic amines) is 1. The maximum atomic E-state index is 6.27. The highest BCUT2D eigenvalue weighted by molar-refractivity contribution is 5.78. The van der Waals surface area contributed by atoms with Crippen molar-refractivity contribution in [3.63, 3.8) is 0 Å². The van der Waals surface area contributed by atoms with Crippen molar-refractivity contribution in [2.75, 3.05) is 26.7 Å². The molecule has 2 aliphatic rings. The zero-order valence-corrected chi connectivity index (χ0v) is 14.3.